The number of hydrogen-bond acceptors (Lipinski definition) is 3. The number of anilines is 1. The van der Waals surface area contributed by atoms with Crippen molar-refractivity contribution in [2.45, 2.75) is 12.5 Å². The Labute approximate surface area is 121 Å². The molecule has 2 aromatic rings. The Morgan fingerprint density at radius 2 is 1.76 bits per heavy atom. The first-order valence-electron chi connectivity index (χ1n) is 6.34. The highest BCUT2D eigenvalue weighted by molar-refractivity contribution is 5.53. The minimum absolute atomic E-state index is 0.0963. The highest BCUT2D eigenvalue weighted by Gasteiger charge is 2.28. The molecule has 0 fully saturated rings. The van der Waals surface area contributed by atoms with Crippen LogP contribution in [0.3, 0.4) is 0 Å². The van der Waals surface area contributed by atoms with Gasteiger partial charge in [-0.05, 0) is 24.6 Å². The average Bonchev–Trinajstić information content (AvgIpc) is 2.51. The largest absolute Gasteiger partial charge is 0.394 e. The molecule has 2 N–H and O–H groups in total. The molecule has 2 rings (SSSR count). The van der Waals surface area contributed by atoms with E-state index in [1.165, 1.54) is 0 Å². The summed E-state index contributed by atoms with van der Waals surface area (Å²) in [4.78, 5) is 0. The molecule has 0 aliphatic carbocycles. The Kier molecular flexibility index (Phi) is 4.20. The lowest BCUT2D eigenvalue weighted by Crippen LogP contribution is -2.36. The van der Waals surface area contributed by atoms with E-state index in [-0.39, 0.29) is 17.9 Å². The highest BCUT2D eigenvalue weighted by atomic mass is 19.1. The van der Waals surface area contributed by atoms with Gasteiger partial charge in [-0.25, -0.2) is 8.78 Å². The van der Waals surface area contributed by atoms with Crippen molar-refractivity contribution in [3.05, 3.63) is 65.2 Å². The summed E-state index contributed by atoms with van der Waals surface area (Å²) in [5.74, 6) is -1.75. The minimum Gasteiger partial charge on any atom is -0.394 e. The first-order valence-corrected chi connectivity index (χ1v) is 6.34. The van der Waals surface area contributed by atoms with E-state index < -0.39 is 17.2 Å². The smallest absolute Gasteiger partial charge is 0.150 e. The van der Waals surface area contributed by atoms with E-state index in [0.29, 0.717) is 5.56 Å². The van der Waals surface area contributed by atoms with Crippen LogP contribution in [0.2, 0.25) is 0 Å². The van der Waals surface area contributed by atoms with Gasteiger partial charge in [0.15, 0.2) is 11.6 Å². The predicted octanol–water partition coefficient (Wildman–Crippen LogP) is 3.16. The molecular formula is C16H14F2N2O. The van der Waals surface area contributed by atoms with Gasteiger partial charge >= 0.3 is 0 Å². The summed E-state index contributed by atoms with van der Waals surface area (Å²) in [5, 5.41) is 21.0. The second-order valence-corrected chi connectivity index (χ2v) is 4.91. The lowest BCUT2D eigenvalue weighted by Gasteiger charge is -2.31. The van der Waals surface area contributed by atoms with Crippen LogP contribution >= 0.6 is 0 Å². The lowest BCUT2D eigenvalue weighted by molar-refractivity contribution is 0.223. The van der Waals surface area contributed by atoms with Crippen molar-refractivity contribution in [1.82, 2.24) is 0 Å². The SMILES string of the molecule is CC(CO)(Nc1c(F)cc(C#N)cc1F)c1ccccc1. The summed E-state index contributed by atoms with van der Waals surface area (Å²) in [7, 11) is 0. The minimum atomic E-state index is -1.04. The van der Waals surface area contributed by atoms with Gasteiger partial charge in [-0.15, -0.1) is 0 Å². The zero-order valence-electron chi connectivity index (χ0n) is 11.4. The van der Waals surface area contributed by atoms with Crippen molar-refractivity contribution >= 4 is 5.69 Å². The molecule has 0 aliphatic heterocycles. The van der Waals surface area contributed by atoms with Crippen LogP contribution in [0.25, 0.3) is 0 Å². The third-order valence-corrected chi connectivity index (χ3v) is 3.30. The second-order valence-electron chi connectivity index (χ2n) is 4.91. The van der Waals surface area contributed by atoms with Crippen molar-refractivity contribution in [2.24, 2.45) is 0 Å². The molecule has 2 aromatic carbocycles. The molecule has 1 atom stereocenters. The van der Waals surface area contributed by atoms with Crippen LogP contribution in [0, 0.1) is 23.0 Å². The summed E-state index contributed by atoms with van der Waals surface area (Å²) < 4.78 is 27.9. The van der Waals surface area contributed by atoms with E-state index in [2.05, 4.69) is 5.32 Å². The topological polar surface area (TPSA) is 56.0 Å². The number of aliphatic hydroxyl groups excluding tert-OH is 1. The van der Waals surface area contributed by atoms with Gasteiger partial charge in [0, 0.05) is 0 Å². The first kappa shape index (κ1) is 14.9. The van der Waals surface area contributed by atoms with E-state index in [1.54, 1.807) is 37.3 Å². The zero-order valence-corrected chi connectivity index (χ0v) is 11.4. The van der Waals surface area contributed by atoms with Crippen LogP contribution in [0.4, 0.5) is 14.5 Å². The normalized spacial score (nSPS) is 13.3. The molecule has 0 amide bonds. The number of nitriles is 1. The van der Waals surface area contributed by atoms with E-state index in [9.17, 15) is 13.9 Å². The molecule has 0 radical (unpaired) electrons. The molecule has 1 unspecified atom stereocenters. The van der Waals surface area contributed by atoms with Crippen LogP contribution < -0.4 is 5.32 Å². The second kappa shape index (κ2) is 5.90. The zero-order chi connectivity index (χ0) is 15.5. The number of nitrogens with one attached hydrogen (secondary N) is 1. The molecule has 0 saturated heterocycles. The summed E-state index contributed by atoms with van der Waals surface area (Å²) in [6.07, 6.45) is 0. The average molecular weight is 288 g/mol. The van der Waals surface area contributed by atoms with Gasteiger partial charge in [0.1, 0.15) is 5.69 Å². The molecule has 0 saturated carbocycles. The Morgan fingerprint density at radius 1 is 1.19 bits per heavy atom. The van der Waals surface area contributed by atoms with Gasteiger partial charge in [0.2, 0.25) is 0 Å². The quantitative estimate of drug-likeness (QED) is 0.908. The van der Waals surface area contributed by atoms with Crippen LogP contribution in [0.5, 0.6) is 0 Å². The monoisotopic (exact) mass is 288 g/mol. The van der Waals surface area contributed by atoms with Crippen molar-refractivity contribution in [3.8, 4) is 6.07 Å². The van der Waals surface area contributed by atoms with Crippen LogP contribution in [-0.4, -0.2) is 11.7 Å². The number of benzene rings is 2. The number of hydrogen-bond donors (Lipinski definition) is 2. The Balaban J connectivity index is 2.43. The summed E-state index contributed by atoms with van der Waals surface area (Å²) in [5.41, 5.74) is -0.817. The number of aliphatic hydroxyl groups is 1. The fraction of sp³-hybridized carbons (Fsp3) is 0.188. The number of nitrogens with zero attached hydrogens (tertiary/aromatic N) is 1. The van der Waals surface area contributed by atoms with E-state index in [0.717, 1.165) is 12.1 Å². The fourth-order valence-corrected chi connectivity index (χ4v) is 2.04. The molecule has 0 heterocycles. The Bertz CT molecular complexity index is 659. The van der Waals surface area contributed by atoms with Gasteiger partial charge in [-0.1, -0.05) is 30.3 Å². The van der Waals surface area contributed by atoms with Crippen LogP contribution in [0.15, 0.2) is 42.5 Å². The molecule has 0 aliphatic rings. The first-order chi connectivity index (χ1) is 10.00. The van der Waals surface area contributed by atoms with Gasteiger partial charge in [-0.3, -0.25) is 0 Å². The third-order valence-electron chi connectivity index (χ3n) is 3.30. The van der Waals surface area contributed by atoms with Gasteiger partial charge in [0.05, 0.1) is 23.8 Å². The van der Waals surface area contributed by atoms with Gasteiger partial charge < -0.3 is 10.4 Å². The maximum absolute atomic E-state index is 13.9. The molecule has 0 bridgehead atoms. The van der Waals surface area contributed by atoms with Gasteiger partial charge in [0.25, 0.3) is 0 Å². The van der Waals surface area contributed by atoms with E-state index in [4.69, 9.17) is 5.26 Å². The van der Waals surface area contributed by atoms with E-state index >= 15 is 0 Å². The lowest BCUT2D eigenvalue weighted by atomic mass is 9.92. The Hall–Kier alpha value is -2.45. The molecular weight excluding hydrogens is 274 g/mol. The molecule has 0 spiro atoms. The maximum Gasteiger partial charge on any atom is 0.150 e. The molecule has 21 heavy (non-hydrogen) atoms. The third kappa shape index (κ3) is 3.01. The van der Waals surface area contributed by atoms with Crippen molar-refractivity contribution in [2.75, 3.05) is 11.9 Å². The molecule has 3 nitrogen and oxygen atoms in total. The highest BCUT2D eigenvalue weighted by Crippen LogP contribution is 2.29. The van der Waals surface area contributed by atoms with Crippen LogP contribution in [-0.2, 0) is 5.54 Å². The maximum atomic E-state index is 13.9. The van der Waals surface area contributed by atoms with Crippen molar-refractivity contribution in [3.63, 3.8) is 0 Å². The number of rotatable bonds is 4. The summed E-state index contributed by atoms with van der Waals surface area (Å²) in [6.45, 7) is 1.29. The van der Waals surface area contributed by atoms with Crippen molar-refractivity contribution < 1.29 is 13.9 Å². The fourth-order valence-electron chi connectivity index (χ4n) is 2.04. The summed E-state index contributed by atoms with van der Waals surface area (Å²) in [6, 6.07) is 12.5. The standard InChI is InChI=1S/C16H14F2N2O/c1-16(10-21,12-5-3-2-4-6-12)20-15-13(17)7-11(9-19)8-14(15)18/h2-8,20-21H,10H2,1H3. The molecule has 5 heteroatoms. The van der Waals surface area contributed by atoms with E-state index in [1.807, 2.05) is 6.07 Å². The van der Waals surface area contributed by atoms with Crippen LogP contribution in [0.1, 0.15) is 18.1 Å². The number of halogens is 2. The van der Waals surface area contributed by atoms with Gasteiger partial charge in [-0.2, -0.15) is 5.26 Å². The Morgan fingerprint density at radius 3 is 2.24 bits per heavy atom. The predicted molar refractivity (Wildman–Crippen MR) is 75.6 cm³/mol. The summed E-state index contributed by atoms with van der Waals surface area (Å²) >= 11 is 0. The van der Waals surface area contributed by atoms with Crippen molar-refractivity contribution in [1.29, 1.82) is 5.26 Å². The molecule has 108 valence electrons. The molecule has 0 aromatic heterocycles.